The molecule has 0 saturated heterocycles. The topological polar surface area (TPSA) is 68.0 Å². The number of hydrogen-bond donors (Lipinski definition) is 2. The maximum Gasteiger partial charge on any atom is 0.234 e. The summed E-state index contributed by atoms with van der Waals surface area (Å²) < 4.78 is 0. The number of hydrogen-bond acceptors (Lipinski definition) is 4. The fourth-order valence-electron chi connectivity index (χ4n) is 0.978. The Hall–Kier alpha value is -0.940. The Labute approximate surface area is 81.2 Å². The molecule has 72 valence electrons. The number of rotatable bonds is 4. The predicted octanol–water partition coefficient (Wildman–Crippen LogP) is 0.668. The van der Waals surface area contributed by atoms with E-state index in [0.717, 1.165) is 5.69 Å². The van der Waals surface area contributed by atoms with Crippen molar-refractivity contribution in [1.29, 1.82) is 0 Å². The van der Waals surface area contributed by atoms with Crippen LogP contribution in [-0.4, -0.2) is 16.9 Å². The van der Waals surface area contributed by atoms with Crippen LogP contribution in [0.2, 0.25) is 0 Å². The molecule has 0 aliphatic carbocycles. The van der Waals surface area contributed by atoms with E-state index in [-0.39, 0.29) is 18.0 Å². The van der Waals surface area contributed by atoms with Crippen LogP contribution >= 0.6 is 11.3 Å². The van der Waals surface area contributed by atoms with E-state index in [0.29, 0.717) is 0 Å². The highest BCUT2D eigenvalue weighted by Gasteiger charge is 2.13. The van der Waals surface area contributed by atoms with Crippen LogP contribution in [0.1, 0.15) is 25.6 Å². The van der Waals surface area contributed by atoms with E-state index in [4.69, 9.17) is 5.73 Å². The summed E-state index contributed by atoms with van der Waals surface area (Å²) in [6.07, 6.45) is 0. The fraction of sp³-hybridized carbons (Fsp3) is 0.500. The second-order valence-corrected chi connectivity index (χ2v) is 3.64. The molecular formula is C8H13N3OS. The normalized spacial score (nSPS) is 15.2. The molecule has 0 aliphatic heterocycles. The highest BCUT2D eigenvalue weighted by Crippen LogP contribution is 2.12. The lowest BCUT2D eigenvalue weighted by molar-refractivity contribution is -0.119. The zero-order valence-corrected chi connectivity index (χ0v) is 8.47. The van der Waals surface area contributed by atoms with Gasteiger partial charge in [-0.1, -0.05) is 0 Å². The smallest absolute Gasteiger partial charge is 0.234 e. The number of carbonyl (C=O) groups is 1. The lowest BCUT2D eigenvalue weighted by atomic mass is 10.2. The first kappa shape index (κ1) is 10.1. The molecule has 0 aromatic carbocycles. The van der Waals surface area contributed by atoms with E-state index in [1.54, 1.807) is 12.4 Å². The summed E-state index contributed by atoms with van der Waals surface area (Å²) in [6, 6.07) is -0.259. The van der Waals surface area contributed by atoms with Gasteiger partial charge in [-0.2, -0.15) is 0 Å². The minimum atomic E-state index is -0.345. The van der Waals surface area contributed by atoms with Crippen LogP contribution in [0.15, 0.2) is 10.9 Å². The molecule has 1 heterocycles. The largest absolute Gasteiger partial charge is 0.368 e. The first-order chi connectivity index (χ1) is 6.11. The summed E-state index contributed by atoms with van der Waals surface area (Å²) in [7, 11) is 0. The second-order valence-electron chi connectivity index (χ2n) is 2.93. The van der Waals surface area contributed by atoms with Crippen molar-refractivity contribution >= 4 is 17.2 Å². The van der Waals surface area contributed by atoms with Crippen molar-refractivity contribution in [2.24, 2.45) is 5.73 Å². The van der Waals surface area contributed by atoms with Crippen molar-refractivity contribution in [1.82, 2.24) is 10.3 Å². The van der Waals surface area contributed by atoms with Crippen LogP contribution in [0, 0.1) is 0 Å². The molecule has 2 atom stereocenters. The second kappa shape index (κ2) is 4.34. The van der Waals surface area contributed by atoms with Gasteiger partial charge in [0, 0.05) is 11.4 Å². The molecule has 3 N–H and O–H groups in total. The first-order valence-electron chi connectivity index (χ1n) is 4.04. The number of nitrogens with zero attached hydrogens (tertiary/aromatic N) is 1. The Balaban J connectivity index is 2.51. The predicted molar refractivity (Wildman–Crippen MR) is 52.3 cm³/mol. The van der Waals surface area contributed by atoms with E-state index in [2.05, 4.69) is 10.3 Å². The Morgan fingerprint density at radius 3 is 2.85 bits per heavy atom. The molecule has 0 fully saturated rings. The van der Waals surface area contributed by atoms with Crippen LogP contribution in [0.5, 0.6) is 0 Å². The van der Waals surface area contributed by atoms with Gasteiger partial charge in [0.25, 0.3) is 0 Å². The molecule has 0 radical (unpaired) electrons. The zero-order chi connectivity index (χ0) is 9.84. The van der Waals surface area contributed by atoms with Crippen LogP contribution in [0.3, 0.4) is 0 Å². The molecule has 0 saturated carbocycles. The number of aromatic nitrogens is 1. The van der Waals surface area contributed by atoms with Gasteiger partial charge in [0.1, 0.15) is 0 Å². The summed E-state index contributed by atoms with van der Waals surface area (Å²) in [5, 5.41) is 5.00. The Bertz CT molecular complexity index is 273. The third kappa shape index (κ3) is 2.78. The molecule has 1 rings (SSSR count). The summed E-state index contributed by atoms with van der Waals surface area (Å²) >= 11 is 1.54. The molecular weight excluding hydrogens is 186 g/mol. The van der Waals surface area contributed by atoms with Crippen molar-refractivity contribution in [3.63, 3.8) is 0 Å². The van der Waals surface area contributed by atoms with Crippen molar-refractivity contribution in [2.45, 2.75) is 25.9 Å². The van der Waals surface area contributed by atoms with Gasteiger partial charge in [0.05, 0.1) is 17.2 Å². The molecule has 0 bridgehead atoms. The van der Waals surface area contributed by atoms with Crippen LogP contribution < -0.4 is 11.1 Å². The van der Waals surface area contributed by atoms with Gasteiger partial charge in [-0.05, 0) is 13.8 Å². The lowest BCUT2D eigenvalue weighted by Crippen LogP contribution is -2.40. The van der Waals surface area contributed by atoms with Gasteiger partial charge in [-0.25, -0.2) is 4.98 Å². The highest BCUT2D eigenvalue weighted by molar-refractivity contribution is 7.07. The number of primary amides is 1. The first-order valence-corrected chi connectivity index (χ1v) is 4.99. The van der Waals surface area contributed by atoms with Gasteiger partial charge in [0.15, 0.2) is 0 Å². The average molecular weight is 199 g/mol. The summed E-state index contributed by atoms with van der Waals surface area (Å²) in [4.78, 5) is 14.9. The molecule has 2 unspecified atom stereocenters. The van der Waals surface area contributed by atoms with E-state index in [9.17, 15) is 4.79 Å². The third-order valence-corrected chi connectivity index (χ3v) is 2.43. The lowest BCUT2D eigenvalue weighted by Gasteiger charge is -2.15. The average Bonchev–Trinajstić information content (AvgIpc) is 2.55. The quantitative estimate of drug-likeness (QED) is 0.748. The van der Waals surface area contributed by atoms with Crippen LogP contribution in [0.25, 0.3) is 0 Å². The summed E-state index contributed by atoms with van der Waals surface area (Å²) in [5.41, 5.74) is 7.83. The highest BCUT2D eigenvalue weighted by atomic mass is 32.1. The minimum Gasteiger partial charge on any atom is -0.368 e. The van der Waals surface area contributed by atoms with Gasteiger partial charge in [-0.15, -0.1) is 11.3 Å². The monoisotopic (exact) mass is 199 g/mol. The number of amides is 1. The van der Waals surface area contributed by atoms with E-state index < -0.39 is 0 Å². The van der Waals surface area contributed by atoms with Crippen molar-refractivity contribution in [3.8, 4) is 0 Å². The SMILES string of the molecule is CC(NC(C)c1cscn1)C(N)=O. The molecule has 1 aromatic heterocycles. The minimum absolute atomic E-state index is 0.0637. The summed E-state index contributed by atoms with van der Waals surface area (Å²) in [6.45, 7) is 3.69. The Kier molecular flexibility index (Phi) is 3.39. The van der Waals surface area contributed by atoms with Crippen LogP contribution in [0.4, 0.5) is 0 Å². The number of thiazole rings is 1. The van der Waals surface area contributed by atoms with Gasteiger partial charge < -0.3 is 5.73 Å². The molecule has 0 spiro atoms. The third-order valence-electron chi connectivity index (χ3n) is 1.82. The van der Waals surface area contributed by atoms with Gasteiger partial charge in [0.2, 0.25) is 5.91 Å². The molecule has 13 heavy (non-hydrogen) atoms. The van der Waals surface area contributed by atoms with Gasteiger partial charge in [-0.3, -0.25) is 10.1 Å². The molecule has 4 nitrogen and oxygen atoms in total. The summed E-state index contributed by atoms with van der Waals surface area (Å²) in [5.74, 6) is -0.345. The maximum atomic E-state index is 10.7. The number of nitrogens with one attached hydrogen (secondary N) is 1. The molecule has 0 aliphatic rings. The van der Waals surface area contributed by atoms with Crippen molar-refractivity contribution in [2.75, 3.05) is 0 Å². The van der Waals surface area contributed by atoms with Crippen molar-refractivity contribution in [3.05, 3.63) is 16.6 Å². The van der Waals surface area contributed by atoms with E-state index in [1.807, 2.05) is 12.3 Å². The Morgan fingerprint density at radius 1 is 1.69 bits per heavy atom. The van der Waals surface area contributed by atoms with Crippen LogP contribution in [-0.2, 0) is 4.79 Å². The maximum absolute atomic E-state index is 10.7. The fourth-order valence-corrected chi connectivity index (χ4v) is 1.63. The van der Waals surface area contributed by atoms with Gasteiger partial charge >= 0.3 is 0 Å². The number of carbonyl (C=O) groups excluding carboxylic acids is 1. The molecule has 5 heteroatoms. The van der Waals surface area contributed by atoms with E-state index >= 15 is 0 Å². The molecule has 1 amide bonds. The molecule has 1 aromatic rings. The Morgan fingerprint density at radius 2 is 2.38 bits per heavy atom. The number of nitrogens with two attached hydrogens (primary N) is 1. The zero-order valence-electron chi connectivity index (χ0n) is 7.65. The van der Waals surface area contributed by atoms with E-state index in [1.165, 1.54) is 11.3 Å². The van der Waals surface area contributed by atoms with Crippen molar-refractivity contribution < 1.29 is 4.79 Å². The standard InChI is InChI=1S/C8H13N3OS/c1-5(7-3-13-4-10-7)11-6(2)8(9)12/h3-6,11H,1-2H3,(H2,9,12).